The van der Waals surface area contributed by atoms with Gasteiger partial charge in [-0.1, -0.05) is 66.7 Å². The predicted octanol–water partition coefficient (Wildman–Crippen LogP) is 6.01. The third kappa shape index (κ3) is 1.85. The average Bonchev–Trinajstić information content (AvgIpc) is 3.36. The summed E-state index contributed by atoms with van der Waals surface area (Å²) in [6.45, 7) is 0. The fraction of sp³-hybridized carbons (Fsp3) is 0. The van der Waals surface area contributed by atoms with Crippen molar-refractivity contribution >= 4 is 49.1 Å². The van der Waals surface area contributed by atoms with Crippen molar-refractivity contribution in [1.29, 1.82) is 0 Å². The molecule has 0 spiro atoms. The first kappa shape index (κ1) is 15.7. The largest absolute Gasteiger partial charge is 0.455 e. The molecule has 0 atom stereocenters. The van der Waals surface area contributed by atoms with Gasteiger partial charge in [0.2, 0.25) is 0 Å². The van der Waals surface area contributed by atoms with Gasteiger partial charge in [0.05, 0.1) is 16.4 Å². The van der Waals surface area contributed by atoms with Crippen LogP contribution in [-0.2, 0) is 0 Å². The van der Waals surface area contributed by atoms with Crippen LogP contribution in [0.4, 0.5) is 0 Å². The number of fused-ring (bicyclic) bond motifs is 6. The molecule has 0 aliphatic rings. The molecular weight excluding hydrogens is 372 g/mol. The maximum atomic E-state index is 13.6. The van der Waals surface area contributed by atoms with Crippen molar-refractivity contribution in [2.24, 2.45) is 0 Å². The maximum absolute atomic E-state index is 13.6. The minimum Gasteiger partial charge on any atom is -0.455 e. The molecule has 0 unspecified atom stereocenters. The summed E-state index contributed by atoms with van der Waals surface area (Å²) in [5.74, 6) is 0.656. The van der Waals surface area contributed by atoms with Gasteiger partial charge in [-0.2, -0.15) is 0 Å². The van der Waals surface area contributed by atoms with Crippen molar-refractivity contribution in [1.82, 2.24) is 9.38 Å². The van der Waals surface area contributed by atoms with Crippen molar-refractivity contribution in [2.45, 2.75) is 0 Å². The van der Waals surface area contributed by atoms with E-state index < -0.39 is 0 Å². The summed E-state index contributed by atoms with van der Waals surface area (Å²) in [7, 11) is 0. The lowest BCUT2D eigenvalue weighted by molar-refractivity contribution is 0.673. The lowest BCUT2D eigenvalue weighted by atomic mass is 10.0. The minimum atomic E-state index is -0.0603. The van der Waals surface area contributed by atoms with Gasteiger partial charge in [0.15, 0.2) is 0 Å². The molecule has 3 heterocycles. The molecule has 0 bridgehead atoms. The molecule has 4 aromatic carbocycles. The molecular formula is C26H14N2O2. The smallest absolute Gasteiger partial charge is 0.264 e. The van der Waals surface area contributed by atoms with Crippen LogP contribution in [0.2, 0.25) is 0 Å². The number of hydrogen-bond acceptors (Lipinski definition) is 3. The van der Waals surface area contributed by atoms with Gasteiger partial charge in [0, 0.05) is 27.1 Å². The highest BCUT2D eigenvalue weighted by Crippen LogP contribution is 2.40. The number of para-hydroxylation sites is 1. The lowest BCUT2D eigenvalue weighted by Gasteiger charge is -2.07. The van der Waals surface area contributed by atoms with Crippen LogP contribution in [0, 0.1) is 0 Å². The Morgan fingerprint density at radius 2 is 1.43 bits per heavy atom. The quantitative estimate of drug-likeness (QED) is 0.325. The Bertz CT molecular complexity index is 1810. The SMILES string of the molecule is O=c1c2ccccc2c2c3oc4ccccc4c3cc3nc(-c4ccccc4)n1c32. The molecule has 0 fully saturated rings. The summed E-state index contributed by atoms with van der Waals surface area (Å²) in [5, 5.41) is 4.56. The van der Waals surface area contributed by atoms with E-state index in [0.717, 1.165) is 49.3 Å². The highest BCUT2D eigenvalue weighted by Gasteiger charge is 2.22. The van der Waals surface area contributed by atoms with E-state index in [1.807, 2.05) is 78.9 Å². The number of furan rings is 1. The molecule has 30 heavy (non-hydrogen) atoms. The zero-order chi connectivity index (χ0) is 19.8. The third-order valence-corrected chi connectivity index (χ3v) is 5.95. The van der Waals surface area contributed by atoms with Crippen LogP contribution in [0.25, 0.3) is 60.5 Å². The Morgan fingerprint density at radius 1 is 0.733 bits per heavy atom. The molecule has 4 heteroatoms. The van der Waals surface area contributed by atoms with Crippen LogP contribution in [0.15, 0.2) is 94.1 Å². The Kier molecular flexibility index (Phi) is 2.86. The van der Waals surface area contributed by atoms with Crippen molar-refractivity contribution in [2.75, 3.05) is 0 Å². The second kappa shape index (κ2) is 5.45. The fourth-order valence-corrected chi connectivity index (χ4v) is 4.65. The number of benzene rings is 4. The topological polar surface area (TPSA) is 47.5 Å². The van der Waals surface area contributed by atoms with Crippen LogP contribution in [0.3, 0.4) is 0 Å². The molecule has 0 aliphatic carbocycles. The second-order valence-corrected chi connectivity index (χ2v) is 7.58. The summed E-state index contributed by atoms with van der Waals surface area (Å²) in [5.41, 5.74) is 4.09. The van der Waals surface area contributed by atoms with Crippen LogP contribution < -0.4 is 5.56 Å². The van der Waals surface area contributed by atoms with Crippen LogP contribution in [0.5, 0.6) is 0 Å². The Balaban J connectivity index is 1.84. The van der Waals surface area contributed by atoms with Crippen LogP contribution in [-0.4, -0.2) is 9.38 Å². The van der Waals surface area contributed by atoms with E-state index in [0.29, 0.717) is 11.2 Å². The number of hydrogen-bond donors (Lipinski definition) is 0. The Labute approximate surface area is 169 Å². The summed E-state index contributed by atoms with van der Waals surface area (Å²) in [4.78, 5) is 18.5. The van der Waals surface area contributed by atoms with Gasteiger partial charge in [-0.3, -0.25) is 9.20 Å². The zero-order valence-electron chi connectivity index (χ0n) is 15.8. The Hall–Kier alpha value is -4.18. The molecule has 0 saturated carbocycles. The molecule has 140 valence electrons. The van der Waals surface area contributed by atoms with Gasteiger partial charge in [0.1, 0.15) is 17.0 Å². The van der Waals surface area contributed by atoms with E-state index in [9.17, 15) is 4.79 Å². The highest BCUT2D eigenvalue weighted by molar-refractivity contribution is 6.26. The highest BCUT2D eigenvalue weighted by atomic mass is 16.3. The molecule has 0 N–H and O–H groups in total. The zero-order valence-corrected chi connectivity index (χ0v) is 15.8. The van der Waals surface area contributed by atoms with E-state index in [-0.39, 0.29) is 5.56 Å². The number of pyridine rings is 1. The summed E-state index contributed by atoms with van der Waals surface area (Å²) in [6.07, 6.45) is 0. The first-order chi connectivity index (χ1) is 14.8. The summed E-state index contributed by atoms with van der Waals surface area (Å²) < 4.78 is 8.07. The number of nitrogens with zero attached hydrogens (tertiary/aromatic N) is 2. The van der Waals surface area contributed by atoms with Gasteiger partial charge >= 0.3 is 0 Å². The minimum absolute atomic E-state index is 0.0603. The molecule has 0 amide bonds. The van der Waals surface area contributed by atoms with E-state index in [4.69, 9.17) is 9.40 Å². The van der Waals surface area contributed by atoms with E-state index >= 15 is 0 Å². The molecule has 0 saturated heterocycles. The Morgan fingerprint density at radius 3 is 2.27 bits per heavy atom. The van der Waals surface area contributed by atoms with E-state index in [1.54, 1.807) is 4.40 Å². The van der Waals surface area contributed by atoms with Gasteiger partial charge < -0.3 is 4.42 Å². The average molecular weight is 386 g/mol. The standard InChI is InChI=1S/C26H14N2O2/c29-26-18-12-5-4-11-17(18)22-23-20(27-25(28(23)26)15-8-2-1-3-9-15)14-19-16-10-6-7-13-21(16)30-24(19)22/h1-14H. The van der Waals surface area contributed by atoms with Crippen LogP contribution in [0.1, 0.15) is 0 Å². The first-order valence-electron chi connectivity index (χ1n) is 9.87. The van der Waals surface area contributed by atoms with Crippen molar-refractivity contribution in [3.63, 3.8) is 0 Å². The van der Waals surface area contributed by atoms with E-state index in [1.165, 1.54) is 0 Å². The normalized spacial score (nSPS) is 12.1. The second-order valence-electron chi connectivity index (χ2n) is 7.58. The fourth-order valence-electron chi connectivity index (χ4n) is 4.65. The van der Waals surface area contributed by atoms with E-state index in [2.05, 4.69) is 6.07 Å². The molecule has 7 aromatic rings. The monoisotopic (exact) mass is 386 g/mol. The molecule has 3 aromatic heterocycles. The van der Waals surface area contributed by atoms with Crippen molar-refractivity contribution in [3.8, 4) is 11.4 Å². The number of imidazole rings is 1. The van der Waals surface area contributed by atoms with Crippen molar-refractivity contribution in [3.05, 3.63) is 95.3 Å². The van der Waals surface area contributed by atoms with Crippen LogP contribution >= 0.6 is 0 Å². The van der Waals surface area contributed by atoms with Gasteiger partial charge in [-0.15, -0.1) is 0 Å². The lowest BCUT2D eigenvalue weighted by Crippen LogP contribution is -2.14. The summed E-state index contributed by atoms with van der Waals surface area (Å²) in [6, 6.07) is 27.7. The molecule has 0 aliphatic heterocycles. The first-order valence-corrected chi connectivity index (χ1v) is 9.87. The molecule has 4 nitrogen and oxygen atoms in total. The maximum Gasteiger partial charge on any atom is 0.264 e. The number of rotatable bonds is 1. The van der Waals surface area contributed by atoms with Gasteiger partial charge in [-0.05, 0) is 18.2 Å². The predicted molar refractivity (Wildman–Crippen MR) is 120 cm³/mol. The van der Waals surface area contributed by atoms with Gasteiger partial charge in [-0.25, -0.2) is 4.98 Å². The molecule has 7 rings (SSSR count). The number of aromatic nitrogens is 2. The van der Waals surface area contributed by atoms with Gasteiger partial charge in [0.25, 0.3) is 5.56 Å². The summed E-state index contributed by atoms with van der Waals surface area (Å²) >= 11 is 0. The van der Waals surface area contributed by atoms with Crippen molar-refractivity contribution < 1.29 is 4.42 Å². The third-order valence-electron chi connectivity index (χ3n) is 5.95. The molecule has 0 radical (unpaired) electrons.